The van der Waals surface area contributed by atoms with E-state index in [-0.39, 0.29) is 57.5 Å². The van der Waals surface area contributed by atoms with Crippen LogP contribution in [-0.2, 0) is 16.2 Å². The van der Waals surface area contributed by atoms with Crippen molar-refractivity contribution in [1.82, 2.24) is 14.5 Å². The van der Waals surface area contributed by atoms with Gasteiger partial charge in [-0.3, -0.25) is 9.69 Å². The fourth-order valence-electron chi connectivity index (χ4n) is 4.69. The predicted molar refractivity (Wildman–Crippen MR) is 122 cm³/mol. The Hall–Kier alpha value is -1.57. The van der Waals surface area contributed by atoms with Crippen molar-refractivity contribution in [2.24, 2.45) is 0 Å². The standard InChI is InChI=1S/C22H28ClF6N3O3S/c1-2-18(24)36(34,35)32-11-9-31(10-12-32)20(5-7-21(25,26)8-6-20)14-30-19(33)16-4-3-15(13-17(16)23)22(27,28)29/h3-4,13,18H,2,5-12,14H2,1H3,(H,30,33). The first-order valence-electron chi connectivity index (χ1n) is 11.5. The Labute approximate surface area is 211 Å². The summed E-state index contributed by atoms with van der Waals surface area (Å²) in [4.78, 5) is 14.6. The average Bonchev–Trinajstić information content (AvgIpc) is 2.82. The summed E-state index contributed by atoms with van der Waals surface area (Å²) in [5.74, 6) is -3.63. The monoisotopic (exact) mass is 563 g/mol. The number of halogens is 7. The highest BCUT2D eigenvalue weighted by atomic mass is 35.5. The lowest BCUT2D eigenvalue weighted by Crippen LogP contribution is -2.63. The zero-order valence-electron chi connectivity index (χ0n) is 19.6. The van der Waals surface area contributed by atoms with Crippen LogP contribution in [0.2, 0.25) is 5.02 Å². The van der Waals surface area contributed by atoms with Crippen molar-refractivity contribution in [3.63, 3.8) is 0 Å². The summed E-state index contributed by atoms with van der Waals surface area (Å²) >= 11 is 5.91. The van der Waals surface area contributed by atoms with Gasteiger partial charge in [-0.25, -0.2) is 21.6 Å². The van der Waals surface area contributed by atoms with Crippen molar-refractivity contribution in [1.29, 1.82) is 0 Å². The smallest absolute Gasteiger partial charge is 0.350 e. The Morgan fingerprint density at radius 3 is 2.19 bits per heavy atom. The Balaban J connectivity index is 1.74. The Bertz CT molecular complexity index is 1050. The van der Waals surface area contributed by atoms with Crippen LogP contribution in [0.25, 0.3) is 0 Å². The lowest BCUT2D eigenvalue weighted by atomic mass is 9.78. The lowest BCUT2D eigenvalue weighted by molar-refractivity contribution is -0.137. The molecule has 36 heavy (non-hydrogen) atoms. The third kappa shape index (κ3) is 6.28. The molecule has 1 N–H and O–H groups in total. The largest absolute Gasteiger partial charge is 0.416 e. The third-order valence-corrected chi connectivity index (χ3v) is 9.32. The van der Waals surface area contributed by atoms with Crippen LogP contribution in [0.4, 0.5) is 26.3 Å². The highest BCUT2D eigenvalue weighted by Crippen LogP contribution is 2.42. The molecule has 0 spiro atoms. The van der Waals surface area contributed by atoms with Crippen molar-refractivity contribution < 1.29 is 39.6 Å². The fourth-order valence-corrected chi connectivity index (χ4v) is 6.37. The minimum Gasteiger partial charge on any atom is -0.350 e. The number of benzene rings is 1. The molecule has 1 saturated carbocycles. The Morgan fingerprint density at radius 2 is 1.69 bits per heavy atom. The lowest BCUT2D eigenvalue weighted by Gasteiger charge is -2.50. The summed E-state index contributed by atoms with van der Waals surface area (Å²) in [7, 11) is -4.13. The van der Waals surface area contributed by atoms with Gasteiger partial charge in [0, 0.05) is 51.1 Å². The highest BCUT2D eigenvalue weighted by molar-refractivity contribution is 7.89. The summed E-state index contributed by atoms with van der Waals surface area (Å²) in [5, 5.41) is 2.22. The first-order chi connectivity index (χ1) is 16.6. The van der Waals surface area contributed by atoms with Gasteiger partial charge in [0.1, 0.15) is 0 Å². The summed E-state index contributed by atoms with van der Waals surface area (Å²) in [6.07, 6.45) is -5.69. The molecule has 1 aliphatic carbocycles. The molecule has 3 rings (SSSR count). The van der Waals surface area contributed by atoms with Gasteiger partial charge in [-0.15, -0.1) is 0 Å². The molecule has 1 amide bonds. The minimum absolute atomic E-state index is 0.00840. The molecule has 1 aromatic carbocycles. The van der Waals surface area contributed by atoms with E-state index in [1.165, 1.54) is 6.92 Å². The van der Waals surface area contributed by atoms with E-state index in [9.17, 15) is 39.6 Å². The van der Waals surface area contributed by atoms with Gasteiger partial charge in [-0.1, -0.05) is 18.5 Å². The van der Waals surface area contributed by atoms with Gasteiger partial charge in [0.2, 0.25) is 21.4 Å². The van der Waals surface area contributed by atoms with Crippen LogP contribution in [0.1, 0.15) is 54.9 Å². The summed E-state index contributed by atoms with van der Waals surface area (Å²) in [6, 6.07) is 2.32. The molecule has 6 nitrogen and oxygen atoms in total. The van der Waals surface area contributed by atoms with Crippen LogP contribution in [0.5, 0.6) is 0 Å². The molecule has 14 heteroatoms. The molecule has 0 radical (unpaired) electrons. The minimum atomic E-state index is -4.63. The molecule has 0 aromatic heterocycles. The van der Waals surface area contributed by atoms with E-state index in [1.807, 2.05) is 4.90 Å². The van der Waals surface area contributed by atoms with Gasteiger partial charge in [-0.2, -0.15) is 17.5 Å². The number of alkyl halides is 6. The number of hydrogen-bond donors (Lipinski definition) is 1. The number of amides is 1. The van der Waals surface area contributed by atoms with Gasteiger partial charge in [-0.05, 0) is 37.5 Å². The molecule has 1 atom stereocenters. The molecule has 2 aliphatic rings. The molecule has 1 saturated heterocycles. The average molecular weight is 564 g/mol. The molecule has 204 valence electrons. The molecule has 1 aromatic rings. The van der Waals surface area contributed by atoms with Crippen molar-refractivity contribution in [3.05, 3.63) is 34.3 Å². The molecule has 2 fully saturated rings. The number of nitrogens with one attached hydrogen (secondary N) is 1. The second kappa shape index (κ2) is 10.7. The quantitative estimate of drug-likeness (QED) is 0.489. The predicted octanol–water partition coefficient (Wildman–Crippen LogP) is 4.69. The Morgan fingerprint density at radius 1 is 1.11 bits per heavy atom. The Kier molecular flexibility index (Phi) is 8.59. The van der Waals surface area contributed by atoms with Gasteiger partial charge in [0.25, 0.3) is 5.91 Å². The zero-order chi connectivity index (χ0) is 26.9. The first-order valence-corrected chi connectivity index (χ1v) is 13.4. The number of sulfonamides is 1. The number of hydrogen-bond acceptors (Lipinski definition) is 4. The van der Waals surface area contributed by atoms with Crippen LogP contribution in [0.3, 0.4) is 0 Å². The SMILES string of the molecule is CCC(F)S(=O)(=O)N1CCN(C2(CNC(=O)c3ccc(C(F)(F)F)cc3Cl)CCC(F)(F)CC2)CC1. The van der Waals surface area contributed by atoms with Crippen LogP contribution in [0.15, 0.2) is 18.2 Å². The maximum Gasteiger partial charge on any atom is 0.416 e. The topological polar surface area (TPSA) is 69.7 Å². The number of rotatable bonds is 7. The van der Waals surface area contributed by atoms with E-state index in [4.69, 9.17) is 11.6 Å². The van der Waals surface area contributed by atoms with E-state index in [1.54, 1.807) is 0 Å². The summed E-state index contributed by atoms with van der Waals surface area (Å²) in [5.41, 5.74) is -4.16. The second-order valence-corrected chi connectivity index (χ2v) is 11.7. The van der Waals surface area contributed by atoms with Crippen molar-refractivity contribution in [2.45, 2.75) is 62.2 Å². The van der Waals surface area contributed by atoms with Gasteiger partial charge in [0.05, 0.1) is 16.1 Å². The normalized spacial score (nSPS) is 22.2. The van der Waals surface area contributed by atoms with E-state index in [0.29, 0.717) is 6.07 Å². The van der Waals surface area contributed by atoms with Gasteiger partial charge in [0.15, 0.2) is 0 Å². The maximum atomic E-state index is 14.0. The number of carbonyl (C=O) groups is 1. The molecule has 1 heterocycles. The van der Waals surface area contributed by atoms with E-state index in [0.717, 1.165) is 16.4 Å². The van der Waals surface area contributed by atoms with Crippen LogP contribution in [0, 0.1) is 0 Å². The first kappa shape index (κ1) is 29.0. The molecular formula is C22H28ClF6N3O3S. The van der Waals surface area contributed by atoms with Crippen LogP contribution < -0.4 is 5.32 Å². The second-order valence-electron chi connectivity index (χ2n) is 9.20. The number of nitrogens with zero attached hydrogens (tertiary/aromatic N) is 2. The van der Waals surface area contributed by atoms with Crippen LogP contribution in [-0.4, -0.2) is 73.2 Å². The third-order valence-electron chi connectivity index (χ3n) is 6.94. The molecular weight excluding hydrogens is 536 g/mol. The number of carbonyl (C=O) groups excluding carboxylic acids is 1. The highest BCUT2D eigenvalue weighted by Gasteiger charge is 2.48. The van der Waals surface area contributed by atoms with E-state index < -0.39 is 62.5 Å². The van der Waals surface area contributed by atoms with Gasteiger partial charge >= 0.3 is 6.18 Å². The zero-order valence-corrected chi connectivity index (χ0v) is 21.1. The summed E-state index contributed by atoms with van der Waals surface area (Å²) < 4.78 is 106. The fraction of sp³-hybridized carbons (Fsp3) is 0.682. The van der Waals surface area contributed by atoms with E-state index >= 15 is 0 Å². The number of piperazine rings is 1. The molecule has 0 bridgehead atoms. The maximum absolute atomic E-state index is 14.0. The van der Waals surface area contributed by atoms with Crippen molar-refractivity contribution in [2.75, 3.05) is 32.7 Å². The van der Waals surface area contributed by atoms with Crippen LogP contribution >= 0.6 is 11.6 Å². The van der Waals surface area contributed by atoms with Crippen molar-refractivity contribution >= 4 is 27.5 Å². The van der Waals surface area contributed by atoms with E-state index in [2.05, 4.69) is 5.32 Å². The van der Waals surface area contributed by atoms with Crippen molar-refractivity contribution in [3.8, 4) is 0 Å². The summed E-state index contributed by atoms with van der Waals surface area (Å²) in [6.45, 7) is 1.57. The molecule has 1 aliphatic heterocycles. The molecule has 1 unspecified atom stereocenters. The van der Waals surface area contributed by atoms with Gasteiger partial charge < -0.3 is 5.32 Å².